The summed E-state index contributed by atoms with van der Waals surface area (Å²) in [5, 5.41) is 0. The number of benzene rings is 1. The number of nitrogen functional groups attached to an aromatic ring is 1. The van der Waals surface area contributed by atoms with Gasteiger partial charge in [0.1, 0.15) is 11.4 Å². The van der Waals surface area contributed by atoms with Crippen molar-refractivity contribution in [1.29, 1.82) is 0 Å². The average Bonchev–Trinajstić information content (AvgIpc) is 2.29. The van der Waals surface area contributed by atoms with Crippen LogP contribution in [0, 0.1) is 5.82 Å². The van der Waals surface area contributed by atoms with E-state index in [9.17, 15) is 4.39 Å². The molecule has 102 valence electrons. The topological polar surface area (TPSA) is 73.6 Å². The van der Waals surface area contributed by atoms with E-state index in [0.29, 0.717) is 17.7 Å². The molecule has 0 aromatic heterocycles. The number of ether oxygens (including phenoxy) is 1. The van der Waals surface area contributed by atoms with E-state index in [1.54, 1.807) is 12.1 Å². The van der Waals surface area contributed by atoms with E-state index in [-0.39, 0.29) is 17.4 Å². The van der Waals surface area contributed by atoms with Gasteiger partial charge in [0.2, 0.25) is 0 Å². The Morgan fingerprint density at radius 2 is 2.05 bits per heavy atom. The Balaban J connectivity index is 2.06. The molecule has 1 spiro atoms. The molecule has 0 saturated heterocycles. The molecule has 1 aromatic carbocycles. The molecule has 5 heteroatoms. The molecule has 1 aromatic rings. The van der Waals surface area contributed by atoms with E-state index in [2.05, 4.69) is 4.99 Å². The molecule has 0 amide bonds. The molecular weight excluding hydrogens is 245 g/mol. The van der Waals surface area contributed by atoms with Crippen LogP contribution in [-0.4, -0.2) is 11.6 Å². The zero-order valence-corrected chi connectivity index (χ0v) is 10.9. The summed E-state index contributed by atoms with van der Waals surface area (Å²) in [7, 11) is 0. The standard InChI is InChI=1S/C14H18FN3O/c1-13(10-7-9(16)3-4-11(10)15)8-14(5-2-6-14)19-12(17)18-13/h3-4,7H,2,5-6,8,16H2,1H3,(H2,17,18)/t13-/m0/s1. The molecule has 19 heavy (non-hydrogen) atoms. The van der Waals surface area contributed by atoms with Crippen LogP contribution in [0.2, 0.25) is 0 Å². The highest BCUT2D eigenvalue weighted by molar-refractivity contribution is 5.74. The van der Waals surface area contributed by atoms with Gasteiger partial charge in [-0.15, -0.1) is 0 Å². The van der Waals surface area contributed by atoms with Crippen LogP contribution < -0.4 is 11.5 Å². The molecule has 0 bridgehead atoms. The predicted octanol–water partition coefficient (Wildman–Crippen LogP) is 2.28. The summed E-state index contributed by atoms with van der Waals surface area (Å²) < 4.78 is 19.8. The highest BCUT2D eigenvalue weighted by Crippen LogP contribution is 2.49. The molecule has 1 atom stereocenters. The molecule has 4 N–H and O–H groups in total. The molecule has 4 nitrogen and oxygen atoms in total. The Labute approximate surface area is 111 Å². The van der Waals surface area contributed by atoms with Crippen LogP contribution in [0.15, 0.2) is 23.2 Å². The number of aliphatic imine (C=N–C) groups is 1. The molecule has 1 aliphatic carbocycles. The normalized spacial score (nSPS) is 28.4. The van der Waals surface area contributed by atoms with Crippen LogP contribution in [0.3, 0.4) is 0 Å². The van der Waals surface area contributed by atoms with Crippen molar-refractivity contribution in [3.8, 4) is 0 Å². The highest BCUT2D eigenvalue weighted by atomic mass is 19.1. The maximum absolute atomic E-state index is 14.1. The maximum Gasteiger partial charge on any atom is 0.283 e. The first-order valence-corrected chi connectivity index (χ1v) is 6.52. The average molecular weight is 263 g/mol. The molecule has 0 radical (unpaired) electrons. The van der Waals surface area contributed by atoms with Gasteiger partial charge in [-0.1, -0.05) is 0 Å². The monoisotopic (exact) mass is 263 g/mol. The fraction of sp³-hybridized carbons (Fsp3) is 0.500. The largest absolute Gasteiger partial charge is 0.459 e. The third-order valence-electron chi connectivity index (χ3n) is 4.18. The van der Waals surface area contributed by atoms with Crippen LogP contribution >= 0.6 is 0 Å². The summed E-state index contributed by atoms with van der Waals surface area (Å²) in [4.78, 5) is 4.34. The number of nitrogens with two attached hydrogens (primary N) is 2. The van der Waals surface area contributed by atoms with Gasteiger partial charge in [0.15, 0.2) is 0 Å². The number of rotatable bonds is 1. The van der Waals surface area contributed by atoms with E-state index in [0.717, 1.165) is 19.3 Å². The van der Waals surface area contributed by atoms with Crippen LogP contribution in [0.4, 0.5) is 10.1 Å². The summed E-state index contributed by atoms with van der Waals surface area (Å²) in [5.74, 6) is -0.301. The van der Waals surface area contributed by atoms with Crippen molar-refractivity contribution >= 4 is 11.7 Å². The smallest absolute Gasteiger partial charge is 0.283 e. The van der Waals surface area contributed by atoms with Crippen molar-refractivity contribution < 1.29 is 9.13 Å². The first-order chi connectivity index (χ1) is 8.92. The Bertz CT molecular complexity index is 554. The van der Waals surface area contributed by atoms with Gasteiger partial charge < -0.3 is 16.2 Å². The SMILES string of the molecule is C[C@@]1(c2cc(N)ccc2F)CC2(CCC2)OC(N)=N1. The number of nitrogens with zero attached hydrogens (tertiary/aromatic N) is 1. The first kappa shape index (κ1) is 12.3. The lowest BCUT2D eigenvalue weighted by atomic mass is 9.69. The quantitative estimate of drug-likeness (QED) is 0.763. The Morgan fingerprint density at radius 1 is 1.32 bits per heavy atom. The van der Waals surface area contributed by atoms with Crippen LogP contribution in [-0.2, 0) is 10.3 Å². The van der Waals surface area contributed by atoms with Crippen molar-refractivity contribution in [2.45, 2.75) is 43.7 Å². The zero-order valence-electron chi connectivity index (χ0n) is 10.9. The lowest BCUT2D eigenvalue weighted by molar-refractivity contribution is -0.0583. The first-order valence-electron chi connectivity index (χ1n) is 6.52. The van der Waals surface area contributed by atoms with Crippen molar-refractivity contribution in [2.75, 3.05) is 5.73 Å². The summed E-state index contributed by atoms with van der Waals surface area (Å²) in [6.07, 6.45) is 3.65. The molecular formula is C14H18FN3O. The van der Waals surface area contributed by atoms with E-state index in [1.165, 1.54) is 6.07 Å². The molecule has 2 aliphatic rings. The van der Waals surface area contributed by atoms with Gasteiger partial charge in [-0.3, -0.25) is 0 Å². The minimum absolute atomic E-state index is 0.148. The van der Waals surface area contributed by atoms with Crippen molar-refractivity contribution in [2.24, 2.45) is 10.7 Å². The van der Waals surface area contributed by atoms with Crippen LogP contribution in [0.1, 0.15) is 38.2 Å². The van der Waals surface area contributed by atoms with E-state index in [1.807, 2.05) is 6.92 Å². The lowest BCUT2D eigenvalue weighted by Gasteiger charge is -2.48. The fourth-order valence-corrected chi connectivity index (χ4v) is 3.15. The van der Waals surface area contributed by atoms with E-state index >= 15 is 0 Å². The Morgan fingerprint density at radius 3 is 2.68 bits per heavy atom. The Hall–Kier alpha value is -1.78. The molecule has 1 saturated carbocycles. The van der Waals surface area contributed by atoms with E-state index in [4.69, 9.17) is 16.2 Å². The minimum Gasteiger partial charge on any atom is -0.459 e. The van der Waals surface area contributed by atoms with Crippen molar-refractivity contribution in [3.05, 3.63) is 29.6 Å². The third kappa shape index (κ3) is 1.93. The van der Waals surface area contributed by atoms with Gasteiger partial charge in [-0.2, -0.15) is 0 Å². The van der Waals surface area contributed by atoms with Gasteiger partial charge in [0.05, 0.1) is 5.54 Å². The van der Waals surface area contributed by atoms with Gasteiger partial charge in [-0.25, -0.2) is 9.38 Å². The number of halogens is 1. The summed E-state index contributed by atoms with van der Waals surface area (Å²) in [6, 6.07) is 4.72. The zero-order chi connectivity index (χ0) is 13.7. The minimum atomic E-state index is -0.706. The number of hydrogen-bond donors (Lipinski definition) is 2. The molecule has 1 heterocycles. The van der Waals surface area contributed by atoms with E-state index < -0.39 is 5.54 Å². The second-order valence-electron chi connectivity index (χ2n) is 5.78. The molecule has 1 fully saturated rings. The number of anilines is 1. The Kier molecular flexibility index (Phi) is 2.49. The summed E-state index contributed by atoms with van der Waals surface area (Å²) in [6.45, 7) is 1.89. The molecule has 1 aliphatic heterocycles. The predicted molar refractivity (Wildman–Crippen MR) is 72.1 cm³/mol. The van der Waals surface area contributed by atoms with Gasteiger partial charge >= 0.3 is 0 Å². The van der Waals surface area contributed by atoms with Gasteiger partial charge in [0.25, 0.3) is 6.02 Å². The van der Waals surface area contributed by atoms with Crippen LogP contribution in [0.5, 0.6) is 0 Å². The second-order valence-corrected chi connectivity index (χ2v) is 5.78. The summed E-state index contributed by atoms with van der Waals surface area (Å²) >= 11 is 0. The second kappa shape index (κ2) is 3.85. The van der Waals surface area contributed by atoms with Crippen molar-refractivity contribution in [1.82, 2.24) is 0 Å². The molecule has 0 unspecified atom stereocenters. The van der Waals surface area contributed by atoms with Crippen LogP contribution in [0.25, 0.3) is 0 Å². The molecule has 3 rings (SSSR count). The van der Waals surface area contributed by atoms with Gasteiger partial charge in [0, 0.05) is 17.7 Å². The summed E-state index contributed by atoms with van der Waals surface area (Å²) in [5.41, 5.74) is 11.6. The highest BCUT2D eigenvalue weighted by Gasteiger charge is 2.50. The number of amidine groups is 1. The van der Waals surface area contributed by atoms with Crippen molar-refractivity contribution in [3.63, 3.8) is 0 Å². The lowest BCUT2D eigenvalue weighted by Crippen LogP contribution is -2.52. The third-order valence-corrected chi connectivity index (χ3v) is 4.18. The fourth-order valence-electron chi connectivity index (χ4n) is 3.15. The van der Waals surface area contributed by atoms with Gasteiger partial charge in [-0.05, 0) is 44.4 Å². The number of hydrogen-bond acceptors (Lipinski definition) is 4. The maximum atomic E-state index is 14.1.